The lowest BCUT2D eigenvalue weighted by Crippen LogP contribution is -2.50. The van der Waals surface area contributed by atoms with Gasteiger partial charge in [0.1, 0.15) is 11.6 Å². The Morgan fingerprint density at radius 2 is 1.84 bits per heavy atom. The Morgan fingerprint density at radius 3 is 2.50 bits per heavy atom. The number of fused-ring (bicyclic) bond motifs is 1. The van der Waals surface area contributed by atoms with Gasteiger partial charge < -0.3 is 15.7 Å². The maximum atomic E-state index is 13.5. The lowest BCUT2D eigenvalue weighted by molar-refractivity contribution is -0.133. The molecule has 3 rings (SSSR count). The number of rotatable bonds is 9. The molecule has 32 heavy (non-hydrogen) atoms. The zero-order valence-corrected chi connectivity index (χ0v) is 17.9. The summed E-state index contributed by atoms with van der Waals surface area (Å²) in [6.45, 7) is 2.09. The minimum Gasteiger partial charge on any atom is -0.390 e. The average Bonchev–Trinajstić information content (AvgIpc) is 2.75. The van der Waals surface area contributed by atoms with Crippen LogP contribution in [0.2, 0.25) is 0 Å². The largest absolute Gasteiger partial charge is 0.390 e. The molecule has 0 aliphatic heterocycles. The van der Waals surface area contributed by atoms with E-state index < -0.39 is 36.1 Å². The summed E-state index contributed by atoms with van der Waals surface area (Å²) >= 11 is 0. The van der Waals surface area contributed by atoms with Gasteiger partial charge in [-0.25, -0.2) is 8.78 Å². The van der Waals surface area contributed by atoms with Crippen molar-refractivity contribution in [2.24, 2.45) is 0 Å². The Hall–Kier alpha value is -2.45. The highest BCUT2D eigenvalue weighted by Gasteiger charge is 2.28. The van der Waals surface area contributed by atoms with Crippen molar-refractivity contribution in [1.82, 2.24) is 10.6 Å². The van der Waals surface area contributed by atoms with Crippen LogP contribution in [0.5, 0.6) is 0 Å². The number of aliphatic hydroxyl groups is 1. The van der Waals surface area contributed by atoms with Gasteiger partial charge in [0.2, 0.25) is 0 Å². The molecule has 1 unspecified atom stereocenters. The smallest absolute Gasteiger partial charge is 0.315 e. The Kier molecular flexibility index (Phi) is 8.26. The molecule has 2 aromatic carbocycles. The first kappa shape index (κ1) is 24.2. The van der Waals surface area contributed by atoms with Crippen molar-refractivity contribution in [1.29, 1.82) is 0 Å². The first-order chi connectivity index (χ1) is 15.3. The lowest BCUT2D eigenvalue weighted by Gasteiger charge is -2.30. The summed E-state index contributed by atoms with van der Waals surface area (Å²) in [4.78, 5) is 11.6. The number of hydrogen-bond donors (Lipinski definition) is 3. The van der Waals surface area contributed by atoms with Crippen molar-refractivity contribution in [3.8, 4) is 0 Å². The topological polar surface area (TPSA) is 61.4 Å². The van der Waals surface area contributed by atoms with E-state index in [-0.39, 0.29) is 24.6 Å². The lowest BCUT2D eigenvalue weighted by atomic mass is 9.86. The number of aryl methyl sites for hydroxylation is 2. The number of carbonyl (C=O) groups is 1. The molecular weight excluding hydrogens is 424 g/mol. The Morgan fingerprint density at radius 1 is 1.12 bits per heavy atom. The fourth-order valence-electron chi connectivity index (χ4n) is 4.20. The monoisotopic (exact) mass is 452 g/mol. The summed E-state index contributed by atoms with van der Waals surface area (Å²) in [6, 6.07) is 7.99. The van der Waals surface area contributed by atoms with E-state index in [9.17, 15) is 27.5 Å². The second-order valence-corrected chi connectivity index (χ2v) is 8.20. The normalized spacial score (nSPS) is 17.7. The maximum absolute atomic E-state index is 13.5. The first-order valence-corrected chi connectivity index (χ1v) is 10.8. The highest BCUT2D eigenvalue weighted by Crippen LogP contribution is 2.30. The van der Waals surface area contributed by atoms with Gasteiger partial charge in [0, 0.05) is 18.7 Å². The van der Waals surface area contributed by atoms with Crippen LogP contribution in [-0.4, -0.2) is 36.1 Å². The molecular formula is C24H28F4N2O2. The molecule has 0 aromatic heterocycles. The number of nitrogens with one attached hydrogen (secondary N) is 2. The van der Waals surface area contributed by atoms with Crippen molar-refractivity contribution in [3.63, 3.8) is 0 Å². The van der Waals surface area contributed by atoms with Crippen molar-refractivity contribution < 1.29 is 27.5 Å². The van der Waals surface area contributed by atoms with Crippen molar-refractivity contribution in [3.05, 3.63) is 70.3 Å². The third-order valence-electron chi connectivity index (χ3n) is 5.87. The second kappa shape index (κ2) is 10.9. The first-order valence-electron chi connectivity index (χ1n) is 10.8. The van der Waals surface area contributed by atoms with Gasteiger partial charge in [0.15, 0.2) is 0 Å². The number of hydrogen-bond acceptors (Lipinski definition) is 3. The minimum absolute atomic E-state index is 0.0158. The van der Waals surface area contributed by atoms with Crippen molar-refractivity contribution in [2.45, 2.75) is 63.6 Å². The molecule has 0 saturated carbocycles. The van der Waals surface area contributed by atoms with Gasteiger partial charge in [-0.1, -0.05) is 25.1 Å². The predicted octanol–water partition coefficient (Wildman–Crippen LogP) is 3.85. The number of amides is 1. The molecule has 0 spiro atoms. The molecule has 2 aromatic rings. The number of benzene rings is 2. The van der Waals surface area contributed by atoms with E-state index >= 15 is 0 Å². The molecule has 1 aliphatic rings. The molecule has 0 fully saturated rings. The third-order valence-corrected chi connectivity index (χ3v) is 5.87. The second-order valence-electron chi connectivity index (χ2n) is 8.20. The molecule has 0 radical (unpaired) electrons. The van der Waals surface area contributed by atoms with Crippen LogP contribution in [0.4, 0.5) is 17.6 Å². The average molecular weight is 452 g/mol. The van der Waals surface area contributed by atoms with Gasteiger partial charge in [0.25, 0.3) is 5.91 Å². The quantitative estimate of drug-likeness (QED) is 0.507. The van der Waals surface area contributed by atoms with Crippen LogP contribution >= 0.6 is 0 Å². The fourth-order valence-corrected chi connectivity index (χ4v) is 4.20. The van der Waals surface area contributed by atoms with Crippen molar-refractivity contribution >= 4 is 5.91 Å². The molecule has 174 valence electrons. The van der Waals surface area contributed by atoms with Gasteiger partial charge >= 0.3 is 6.43 Å². The fraction of sp³-hybridized carbons (Fsp3) is 0.458. The molecule has 8 heteroatoms. The molecule has 0 bridgehead atoms. The van der Waals surface area contributed by atoms with E-state index in [1.807, 2.05) is 0 Å². The van der Waals surface area contributed by atoms with E-state index in [1.165, 1.54) is 11.1 Å². The summed E-state index contributed by atoms with van der Waals surface area (Å²) in [5, 5.41) is 16.1. The molecule has 0 heterocycles. The van der Waals surface area contributed by atoms with E-state index in [0.717, 1.165) is 43.4 Å². The number of halogens is 4. The highest BCUT2D eigenvalue weighted by molar-refractivity contribution is 5.79. The van der Waals surface area contributed by atoms with Crippen LogP contribution < -0.4 is 10.6 Å². The molecule has 3 N–H and O–H groups in total. The molecule has 0 saturated heterocycles. The van der Waals surface area contributed by atoms with Crippen LogP contribution in [0, 0.1) is 11.6 Å². The zero-order valence-electron chi connectivity index (χ0n) is 17.9. The van der Waals surface area contributed by atoms with Crippen LogP contribution in [-0.2, 0) is 24.1 Å². The van der Waals surface area contributed by atoms with E-state index in [2.05, 4.69) is 35.8 Å². The molecule has 3 atom stereocenters. The summed E-state index contributed by atoms with van der Waals surface area (Å²) < 4.78 is 52.7. The van der Waals surface area contributed by atoms with Gasteiger partial charge in [-0.2, -0.15) is 8.78 Å². The van der Waals surface area contributed by atoms with Crippen LogP contribution in [0.25, 0.3) is 0 Å². The van der Waals surface area contributed by atoms with E-state index in [4.69, 9.17) is 0 Å². The van der Waals surface area contributed by atoms with Gasteiger partial charge in [-0.05, 0) is 66.5 Å². The zero-order chi connectivity index (χ0) is 23.3. The highest BCUT2D eigenvalue weighted by atomic mass is 19.3. The summed E-state index contributed by atoms with van der Waals surface area (Å²) in [6.07, 6.45) is -1.01. The number of aliphatic hydroxyl groups excluding tert-OH is 1. The Bertz CT molecular complexity index is 918. The predicted molar refractivity (Wildman–Crippen MR) is 114 cm³/mol. The van der Waals surface area contributed by atoms with Crippen LogP contribution in [0.15, 0.2) is 36.4 Å². The standard InChI is InChI=1S/C24H28F4N2O2/c1-2-14-6-7-16-4-3-5-20(19(16)10-14)29-13-22(31)21(30-24(32)23(27)28)11-15-8-17(25)12-18(26)9-15/h6-10,12,20-23,29,31H,2-5,11,13H2,1H3,(H,30,32)/t20-,21?,22+/m0/s1. The third kappa shape index (κ3) is 6.29. The van der Waals surface area contributed by atoms with Crippen LogP contribution in [0.3, 0.4) is 0 Å². The Labute approximate surface area is 185 Å². The SMILES string of the molecule is CCc1ccc2c(c1)[C@@H](NC[C@@H](O)C(Cc1cc(F)cc(F)c1)NC(=O)C(F)F)CCC2. The van der Waals surface area contributed by atoms with Crippen LogP contribution in [0.1, 0.15) is 48.1 Å². The minimum atomic E-state index is -3.26. The summed E-state index contributed by atoms with van der Waals surface area (Å²) in [7, 11) is 0. The van der Waals surface area contributed by atoms with E-state index in [1.54, 1.807) is 0 Å². The van der Waals surface area contributed by atoms with Gasteiger partial charge in [-0.15, -0.1) is 0 Å². The van der Waals surface area contributed by atoms with Crippen molar-refractivity contribution in [2.75, 3.05) is 6.54 Å². The van der Waals surface area contributed by atoms with E-state index in [0.29, 0.717) is 6.07 Å². The Balaban J connectivity index is 1.72. The molecule has 1 aliphatic carbocycles. The molecule has 1 amide bonds. The number of alkyl halides is 2. The molecule has 4 nitrogen and oxygen atoms in total. The van der Waals surface area contributed by atoms with Gasteiger partial charge in [0.05, 0.1) is 12.1 Å². The van der Waals surface area contributed by atoms with Gasteiger partial charge in [-0.3, -0.25) is 4.79 Å². The summed E-state index contributed by atoms with van der Waals surface area (Å²) in [5.74, 6) is -3.18. The maximum Gasteiger partial charge on any atom is 0.315 e. The summed E-state index contributed by atoms with van der Waals surface area (Å²) in [5.41, 5.74) is 3.74. The number of carbonyl (C=O) groups excluding carboxylic acids is 1.